The van der Waals surface area contributed by atoms with E-state index in [0.29, 0.717) is 17.5 Å². The van der Waals surface area contributed by atoms with Crippen molar-refractivity contribution in [2.45, 2.75) is 18.7 Å². The third-order valence-corrected chi connectivity index (χ3v) is 3.48. The van der Waals surface area contributed by atoms with Crippen molar-refractivity contribution in [2.24, 2.45) is 0 Å². The Morgan fingerprint density at radius 1 is 1.00 bits per heavy atom. The summed E-state index contributed by atoms with van der Waals surface area (Å²) in [4.78, 5) is 11.7. The maximum absolute atomic E-state index is 12.5. The first-order chi connectivity index (χ1) is 9.95. The van der Waals surface area contributed by atoms with Crippen LogP contribution in [0.2, 0.25) is 0 Å². The molecule has 1 aliphatic rings. The number of hydrogen-bond acceptors (Lipinski definition) is 2. The SMILES string of the molecule is O=C1O[C@@H](Cc2ccc(C(F)(F)F)cc2)c2ccccc21. The van der Waals surface area contributed by atoms with Crippen LogP contribution < -0.4 is 0 Å². The lowest BCUT2D eigenvalue weighted by Gasteiger charge is -2.12. The lowest BCUT2D eigenvalue weighted by Crippen LogP contribution is -2.06. The number of fused-ring (bicyclic) bond motifs is 1. The summed E-state index contributed by atoms with van der Waals surface area (Å²) in [6, 6.07) is 12.0. The average Bonchev–Trinajstić information content (AvgIpc) is 2.76. The molecule has 0 saturated carbocycles. The van der Waals surface area contributed by atoms with Crippen LogP contribution in [0.25, 0.3) is 0 Å². The predicted molar refractivity (Wildman–Crippen MR) is 69.7 cm³/mol. The summed E-state index contributed by atoms with van der Waals surface area (Å²) < 4.78 is 42.8. The zero-order valence-electron chi connectivity index (χ0n) is 10.9. The molecule has 5 heteroatoms. The van der Waals surface area contributed by atoms with Gasteiger partial charge in [-0.3, -0.25) is 0 Å². The zero-order chi connectivity index (χ0) is 15.0. The number of halogens is 3. The molecule has 0 aromatic heterocycles. The fourth-order valence-electron chi connectivity index (χ4n) is 2.42. The van der Waals surface area contributed by atoms with E-state index in [1.807, 2.05) is 0 Å². The Morgan fingerprint density at radius 2 is 1.67 bits per heavy atom. The first-order valence-electron chi connectivity index (χ1n) is 6.41. The second-order valence-electron chi connectivity index (χ2n) is 4.88. The van der Waals surface area contributed by atoms with Crippen LogP contribution in [-0.2, 0) is 17.3 Å². The Kier molecular flexibility index (Phi) is 3.20. The average molecular weight is 292 g/mol. The third kappa shape index (κ3) is 2.63. The van der Waals surface area contributed by atoms with Gasteiger partial charge in [-0.25, -0.2) is 4.79 Å². The lowest BCUT2D eigenvalue weighted by atomic mass is 9.99. The number of hydrogen-bond donors (Lipinski definition) is 0. The molecule has 108 valence electrons. The third-order valence-electron chi connectivity index (χ3n) is 3.48. The molecule has 0 aliphatic carbocycles. The van der Waals surface area contributed by atoms with Crippen LogP contribution >= 0.6 is 0 Å². The van der Waals surface area contributed by atoms with Gasteiger partial charge in [0.1, 0.15) is 6.10 Å². The fraction of sp³-hybridized carbons (Fsp3) is 0.188. The second-order valence-corrected chi connectivity index (χ2v) is 4.88. The monoisotopic (exact) mass is 292 g/mol. The largest absolute Gasteiger partial charge is 0.454 e. The molecule has 0 spiro atoms. The van der Waals surface area contributed by atoms with Gasteiger partial charge in [-0.1, -0.05) is 30.3 Å². The van der Waals surface area contributed by atoms with Crippen LogP contribution in [0.15, 0.2) is 48.5 Å². The highest BCUT2D eigenvalue weighted by molar-refractivity contribution is 5.94. The van der Waals surface area contributed by atoms with E-state index in [4.69, 9.17) is 4.74 Å². The Balaban J connectivity index is 1.81. The highest BCUT2D eigenvalue weighted by Gasteiger charge is 2.32. The number of alkyl halides is 3. The molecule has 2 aromatic carbocycles. The number of benzene rings is 2. The van der Waals surface area contributed by atoms with Crippen molar-refractivity contribution in [3.63, 3.8) is 0 Å². The summed E-state index contributed by atoms with van der Waals surface area (Å²) in [5.74, 6) is -0.387. The van der Waals surface area contributed by atoms with Gasteiger partial charge in [0.15, 0.2) is 0 Å². The Labute approximate surface area is 119 Å². The van der Waals surface area contributed by atoms with Gasteiger partial charge in [0.25, 0.3) is 0 Å². The smallest absolute Gasteiger partial charge is 0.416 e. The predicted octanol–water partition coefficient (Wildman–Crippen LogP) is 4.16. The number of rotatable bonds is 2. The van der Waals surface area contributed by atoms with Gasteiger partial charge in [-0.05, 0) is 23.8 Å². The Bertz CT molecular complexity index is 675. The van der Waals surface area contributed by atoms with E-state index in [1.165, 1.54) is 12.1 Å². The number of esters is 1. The fourth-order valence-corrected chi connectivity index (χ4v) is 2.42. The number of cyclic esters (lactones) is 1. The molecule has 0 bridgehead atoms. The first-order valence-corrected chi connectivity index (χ1v) is 6.41. The van der Waals surface area contributed by atoms with Crippen molar-refractivity contribution in [3.05, 3.63) is 70.8 Å². The molecule has 1 heterocycles. The van der Waals surface area contributed by atoms with E-state index in [0.717, 1.165) is 17.7 Å². The molecular weight excluding hydrogens is 281 g/mol. The zero-order valence-corrected chi connectivity index (χ0v) is 10.9. The normalized spacial score (nSPS) is 17.5. The van der Waals surface area contributed by atoms with Gasteiger partial charge < -0.3 is 4.74 Å². The molecule has 21 heavy (non-hydrogen) atoms. The molecule has 1 atom stereocenters. The van der Waals surface area contributed by atoms with Crippen molar-refractivity contribution in [1.29, 1.82) is 0 Å². The molecule has 2 nitrogen and oxygen atoms in total. The molecular formula is C16H11F3O2. The number of carbonyl (C=O) groups is 1. The van der Waals surface area contributed by atoms with Crippen molar-refractivity contribution in [3.8, 4) is 0 Å². The van der Waals surface area contributed by atoms with Crippen LogP contribution in [0.1, 0.15) is 33.2 Å². The van der Waals surface area contributed by atoms with Gasteiger partial charge in [0.2, 0.25) is 0 Å². The summed E-state index contributed by atoms with van der Waals surface area (Å²) in [5, 5.41) is 0. The second kappa shape index (κ2) is 4.91. The molecule has 0 saturated heterocycles. The van der Waals surface area contributed by atoms with Gasteiger partial charge in [0, 0.05) is 12.0 Å². The van der Waals surface area contributed by atoms with Gasteiger partial charge in [-0.15, -0.1) is 0 Å². The molecule has 0 radical (unpaired) electrons. The summed E-state index contributed by atoms with van der Waals surface area (Å²) in [7, 11) is 0. The minimum Gasteiger partial charge on any atom is -0.454 e. The van der Waals surface area contributed by atoms with E-state index in [9.17, 15) is 18.0 Å². The van der Waals surface area contributed by atoms with Gasteiger partial charge >= 0.3 is 12.1 Å². The van der Waals surface area contributed by atoms with Crippen LogP contribution in [0, 0.1) is 0 Å². The summed E-state index contributed by atoms with van der Waals surface area (Å²) in [6.45, 7) is 0. The molecule has 0 fully saturated rings. The molecule has 1 aliphatic heterocycles. The topological polar surface area (TPSA) is 26.3 Å². The van der Waals surface area contributed by atoms with Gasteiger partial charge in [-0.2, -0.15) is 13.2 Å². The van der Waals surface area contributed by atoms with Crippen LogP contribution in [0.3, 0.4) is 0 Å². The van der Waals surface area contributed by atoms with Crippen LogP contribution in [0.5, 0.6) is 0 Å². The quantitative estimate of drug-likeness (QED) is 0.777. The summed E-state index contributed by atoms with van der Waals surface area (Å²) >= 11 is 0. The number of ether oxygens (including phenoxy) is 1. The standard InChI is InChI=1S/C16H11F3O2/c17-16(18,19)11-7-5-10(6-8-11)9-14-12-3-1-2-4-13(12)15(20)21-14/h1-8,14H,9H2/t14-/m0/s1. The Morgan fingerprint density at radius 3 is 2.33 bits per heavy atom. The molecule has 0 amide bonds. The van der Waals surface area contributed by atoms with Crippen LogP contribution in [-0.4, -0.2) is 5.97 Å². The molecule has 0 unspecified atom stereocenters. The first kappa shape index (κ1) is 13.7. The summed E-state index contributed by atoms with van der Waals surface area (Å²) in [5.41, 5.74) is 1.31. The highest BCUT2D eigenvalue weighted by Crippen LogP contribution is 2.34. The highest BCUT2D eigenvalue weighted by atomic mass is 19.4. The number of carbonyl (C=O) groups excluding carboxylic acids is 1. The molecule has 3 rings (SSSR count). The van der Waals surface area contributed by atoms with E-state index in [1.54, 1.807) is 24.3 Å². The van der Waals surface area contributed by atoms with E-state index >= 15 is 0 Å². The van der Waals surface area contributed by atoms with Crippen molar-refractivity contribution in [2.75, 3.05) is 0 Å². The van der Waals surface area contributed by atoms with E-state index in [2.05, 4.69) is 0 Å². The summed E-state index contributed by atoms with van der Waals surface area (Å²) in [6.07, 6.45) is -4.42. The van der Waals surface area contributed by atoms with Crippen LogP contribution in [0.4, 0.5) is 13.2 Å². The minimum atomic E-state index is -4.34. The molecule has 2 aromatic rings. The van der Waals surface area contributed by atoms with E-state index < -0.39 is 17.8 Å². The lowest BCUT2D eigenvalue weighted by molar-refractivity contribution is -0.137. The van der Waals surface area contributed by atoms with Crippen molar-refractivity contribution >= 4 is 5.97 Å². The maximum Gasteiger partial charge on any atom is 0.416 e. The Hall–Kier alpha value is -2.30. The maximum atomic E-state index is 12.5. The molecule has 0 N–H and O–H groups in total. The van der Waals surface area contributed by atoms with E-state index in [-0.39, 0.29) is 5.97 Å². The van der Waals surface area contributed by atoms with Crippen molar-refractivity contribution < 1.29 is 22.7 Å². The van der Waals surface area contributed by atoms with Gasteiger partial charge in [0.05, 0.1) is 11.1 Å². The minimum absolute atomic E-state index is 0.362. The van der Waals surface area contributed by atoms with Crippen molar-refractivity contribution in [1.82, 2.24) is 0 Å².